The van der Waals surface area contributed by atoms with Crippen LogP contribution in [0.1, 0.15) is 23.2 Å². The maximum Gasteiger partial charge on any atom is 0.341 e. The average molecular weight is 248 g/mol. The molecule has 0 N–H and O–H groups in total. The molecule has 1 saturated heterocycles. The summed E-state index contributed by atoms with van der Waals surface area (Å²) in [6, 6.07) is 3.42. The number of pyridine rings is 1. The van der Waals surface area contributed by atoms with Crippen LogP contribution in [0.3, 0.4) is 0 Å². The van der Waals surface area contributed by atoms with Crippen molar-refractivity contribution in [1.82, 2.24) is 4.98 Å². The van der Waals surface area contributed by atoms with Crippen LogP contribution in [0, 0.1) is 5.92 Å². The molecular weight excluding hydrogens is 232 g/mol. The molecule has 0 amide bonds. The summed E-state index contributed by atoms with van der Waals surface area (Å²) in [6.07, 6.45) is 4.28. The van der Waals surface area contributed by atoms with E-state index in [-0.39, 0.29) is 11.9 Å². The molecule has 0 aliphatic carbocycles. The van der Waals surface area contributed by atoms with Gasteiger partial charge in [-0.15, -0.1) is 0 Å². The van der Waals surface area contributed by atoms with Crippen LogP contribution >= 0.6 is 0 Å². The number of hydrogen-bond acceptors (Lipinski definition) is 5. The third-order valence-electron chi connectivity index (χ3n) is 3.22. The number of ether oxygens (including phenoxy) is 1. The molecule has 5 heteroatoms. The van der Waals surface area contributed by atoms with Crippen LogP contribution in [0.2, 0.25) is 0 Å². The highest BCUT2D eigenvalue weighted by molar-refractivity contribution is 5.94. The van der Waals surface area contributed by atoms with Gasteiger partial charge in [-0.3, -0.25) is 0 Å². The van der Waals surface area contributed by atoms with Gasteiger partial charge >= 0.3 is 5.97 Å². The summed E-state index contributed by atoms with van der Waals surface area (Å²) in [5.41, 5.74) is 0.476. The fourth-order valence-electron chi connectivity index (χ4n) is 2.17. The molecule has 96 valence electrons. The number of carbonyl (C=O) groups is 2. The molecule has 0 atom stereocenters. The summed E-state index contributed by atoms with van der Waals surface area (Å²) in [6.45, 7) is 1.48. The Morgan fingerprint density at radius 1 is 1.50 bits per heavy atom. The predicted molar refractivity (Wildman–Crippen MR) is 66.6 cm³/mol. The maximum atomic E-state index is 11.7. The minimum atomic E-state index is -0.379. The summed E-state index contributed by atoms with van der Waals surface area (Å²) in [7, 11) is 1.36. The van der Waals surface area contributed by atoms with Gasteiger partial charge in [0, 0.05) is 25.2 Å². The van der Waals surface area contributed by atoms with Crippen molar-refractivity contribution in [2.75, 3.05) is 25.1 Å². The van der Waals surface area contributed by atoms with E-state index < -0.39 is 0 Å². The molecule has 0 saturated carbocycles. The molecule has 1 aliphatic heterocycles. The van der Waals surface area contributed by atoms with Gasteiger partial charge in [-0.2, -0.15) is 0 Å². The number of nitrogens with zero attached hydrogens (tertiary/aromatic N) is 2. The molecule has 1 aromatic rings. The lowest BCUT2D eigenvalue weighted by atomic mass is 9.98. The zero-order valence-electron chi connectivity index (χ0n) is 10.3. The Kier molecular flexibility index (Phi) is 3.92. The van der Waals surface area contributed by atoms with Crippen molar-refractivity contribution in [2.24, 2.45) is 5.92 Å². The van der Waals surface area contributed by atoms with Crippen LogP contribution in [0.15, 0.2) is 18.3 Å². The Morgan fingerprint density at radius 3 is 2.83 bits per heavy atom. The lowest BCUT2D eigenvalue weighted by Gasteiger charge is -2.31. The van der Waals surface area contributed by atoms with Crippen LogP contribution in [-0.2, 0) is 9.53 Å². The normalized spacial score (nSPS) is 16.4. The average Bonchev–Trinajstić information content (AvgIpc) is 2.46. The summed E-state index contributed by atoms with van der Waals surface area (Å²) in [5.74, 6) is 0.399. The van der Waals surface area contributed by atoms with Crippen LogP contribution in [0.4, 0.5) is 5.82 Å². The molecule has 1 fully saturated rings. The number of aromatic nitrogens is 1. The maximum absolute atomic E-state index is 11.7. The van der Waals surface area contributed by atoms with Crippen molar-refractivity contribution in [2.45, 2.75) is 12.8 Å². The van der Waals surface area contributed by atoms with Gasteiger partial charge in [0.2, 0.25) is 0 Å². The lowest BCUT2D eigenvalue weighted by Crippen LogP contribution is -2.35. The molecular formula is C13H16N2O3. The first-order chi connectivity index (χ1) is 8.76. The smallest absolute Gasteiger partial charge is 0.341 e. The predicted octanol–water partition coefficient (Wildman–Crippen LogP) is 1.28. The van der Waals surface area contributed by atoms with E-state index in [1.165, 1.54) is 7.11 Å². The zero-order chi connectivity index (χ0) is 13.0. The van der Waals surface area contributed by atoms with Gasteiger partial charge in [0.15, 0.2) is 0 Å². The van der Waals surface area contributed by atoms with Crippen molar-refractivity contribution in [3.63, 3.8) is 0 Å². The number of anilines is 1. The number of aldehydes is 1. The molecule has 2 heterocycles. The summed E-state index contributed by atoms with van der Waals surface area (Å²) < 4.78 is 4.75. The van der Waals surface area contributed by atoms with Gasteiger partial charge in [0.25, 0.3) is 0 Å². The van der Waals surface area contributed by atoms with Gasteiger partial charge in [-0.05, 0) is 25.0 Å². The Morgan fingerprint density at radius 2 is 2.22 bits per heavy atom. The van der Waals surface area contributed by atoms with E-state index in [1.54, 1.807) is 18.3 Å². The van der Waals surface area contributed by atoms with Crippen molar-refractivity contribution < 1.29 is 14.3 Å². The molecule has 0 radical (unpaired) electrons. The fraction of sp³-hybridized carbons (Fsp3) is 0.462. The summed E-state index contributed by atoms with van der Waals surface area (Å²) in [4.78, 5) is 28.7. The van der Waals surface area contributed by atoms with Gasteiger partial charge in [-0.1, -0.05) is 0 Å². The van der Waals surface area contributed by atoms with Crippen molar-refractivity contribution in [3.8, 4) is 0 Å². The van der Waals surface area contributed by atoms with Gasteiger partial charge in [0.05, 0.1) is 7.11 Å². The molecule has 1 aromatic heterocycles. The Hall–Kier alpha value is -1.91. The van der Waals surface area contributed by atoms with E-state index in [0.29, 0.717) is 11.4 Å². The van der Waals surface area contributed by atoms with Gasteiger partial charge in [-0.25, -0.2) is 9.78 Å². The Labute approximate surface area is 106 Å². The second-order valence-electron chi connectivity index (χ2n) is 4.33. The first-order valence-electron chi connectivity index (χ1n) is 6.00. The minimum absolute atomic E-state index is 0.131. The quantitative estimate of drug-likeness (QED) is 0.595. The van der Waals surface area contributed by atoms with E-state index in [2.05, 4.69) is 4.98 Å². The third-order valence-corrected chi connectivity index (χ3v) is 3.22. The number of piperidine rings is 1. The largest absolute Gasteiger partial charge is 0.465 e. The number of esters is 1. The highest BCUT2D eigenvalue weighted by Crippen LogP contribution is 2.24. The number of hydrogen-bond donors (Lipinski definition) is 0. The molecule has 18 heavy (non-hydrogen) atoms. The fourth-order valence-corrected chi connectivity index (χ4v) is 2.17. The lowest BCUT2D eigenvalue weighted by molar-refractivity contribution is -0.111. The highest BCUT2D eigenvalue weighted by Gasteiger charge is 2.23. The molecule has 0 bridgehead atoms. The topological polar surface area (TPSA) is 59.5 Å². The van der Waals surface area contributed by atoms with E-state index in [0.717, 1.165) is 32.2 Å². The van der Waals surface area contributed by atoms with Crippen LogP contribution in [0.25, 0.3) is 0 Å². The van der Waals surface area contributed by atoms with Crippen molar-refractivity contribution in [1.29, 1.82) is 0 Å². The van der Waals surface area contributed by atoms with E-state index in [1.807, 2.05) is 4.90 Å². The van der Waals surface area contributed by atoms with Crippen LogP contribution in [-0.4, -0.2) is 37.4 Å². The van der Waals surface area contributed by atoms with Crippen molar-refractivity contribution in [3.05, 3.63) is 23.9 Å². The second-order valence-corrected chi connectivity index (χ2v) is 4.33. The van der Waals surface area contributed by atoms with Crippen LogP contribution in [0.5, 0.6) is 0 Å². The highest BCUT2D eigenvalue weighted by atomic mass is 16.5. The number of methoxy groups -OCH3 is 1. The molecule has 0 spiro atoms. The SMILES string of the molecule is COC(=O)c1cccnc1N1CCC(C=O)CC1. The minimum Gasteiger partial charge on any atom is -0.465 e. The van der Waals surface area contributed by atoms with Gasteiger partial charge in [0.1, 0.15) is 17.7 Å². The van der Waals surface area contributed by atoms with E-state index in [4.69, 9.17) is 4.74 Å². The van der Waals surface area contributed by atoms with E-state index >= 15 is 0 Å². The number of carbonyl (C=O) groups excluding carboxylic acids is 2. The first kappa shape index (κ1) is 12.5. The monoisotopic (exact) mass is 248 g/mol. The second kappa shape index (κ2) is 5.62. The van der Waals surface area contributed by atoms with Crippen molar-refractivity contribution >= 4 is 18.1 Å². The molecule has 5 nitrogen and oxygen atoms in total. The first-order valence-corrected chi connectivity index (χ1v) is 6.00. The summed E-state index contributed by atoms with van der Waals surface area (Å²) >= 11 is 0. The Balaban J connectivity index is 2.18. The molecule has 0 unspecified atom stereocenters. The van der Waals surface area contributed by atoms with Gasteiger partial charge < -0.3 is 14.4 Å². The Bertz CT molecular complexity index is 440. The molecule has 2 rings (SSSR count). The third kappa shape index (κ3) is 2.50. The summed E-state index contributed by atoms with van der Waals surface area (Å²) in [5, 5.41) is 0. The molecule has 0 aromatic carbocycles. The zero-order valence-corrected chi connectivity index (χ0v) is 10.3. The van der Waals surface area contributed by atoms with E-state index in [9.17, 15) is 9.59 Å². The standard InChI is InChI=1S/C13H16N2O3/c1-18-13(17)11-3-2-6-14-12(11)15-7-4-10(9-16)5-8-15/h2-3,6,9-10H,4-5,7-8H2,1H3. The number of rotatable bonds is 3. The van der Waals surface area contributed by atoms with Crippen LogP contribution < -0.4 is 4.90 Å². The molecule has 1 aliphatic rings.